The molecule has 0 spiro atoms. The van der Waals surface area contributed by atoms with Crippen molar-refractivity contribution in [2.75, 3.05) is 26.4 Å². The van der Waals surface area contributed by atoms with Gasteiger partial charge in [0, 0.05) is 26.4 Å². The number of aliphatic hydroxyl groups is 2. The van der Waals surface area contributed by atoms with Gasteiger partial charge in [0.15, 0.2) is 6.29 Å². The molecule has 0 bridgehead atoms. The van der Waals surface area contributed by atoms with Crippen molar-refractivity contribution in [1.82, 2.24) is 0 Å². The van der Waals surface area contributed by atoms with Crippen LogP contribution in [0.2, 0.25) is 0 Å². The molecule has 0 aliphatic carbocycles. The van der Waals surface area contributed by atoms with Crippen molar-refractivity contribution in [2.24, 2.45) is 0 Å². The van der Waals surface area contributed by atoms with Crippen molar-refractivity contribution in [3.63, 3.8) is 0 Å². The first-order chi connectivity index (χ1) is 8.20. The Labute approximate surface area is 103 Å². The average molecular weight is 248 g/mol. The van der Waals surface area contributed by atoms with Gasteiger partial charge in [-0.3, -0.25) is 4.79 Å². The maximum absolute atomic E-state index is 11.0. The van der Waals surface area contributed by atoms with Crippen LogP contribution in [0.4, 0.5) is 0 Å². The van der Waals surface area contributed by atoms with E-state index in [1.165, 1.54) is 6.92 Å². The fraction of sp³-hybridized carbons (Fsp3) is 0.917. The van der Waals surface area contributed by atoms with Gasteiger partial charge in [-0.15, -0.1) is 0 Å². The van der Waals surface area contributed by atoms with Gasteiger partial charge in [0.05, 0.1) is 6.42 Å². The average Bonchev–Trinajstić information content (AvgIpc) is 2.29. The lowest BCUT2D eigenvalue weighted by Crippen LogP contribution is -2.21. The number of hydrogen-bond acceptors (Lipinski definition) is 5. The van der Waals surface area contributed by atoms with Crippen LogP contribution < -0.4 is 0 Å². The van der Waals surface area contributed by atoms with Crippen LogP contribution in [0.5, 0.6) is 0 Å². The maximum Gasteiger partial charge on any atom is 0.164 e. The van der Waals surface area contributed by atoms with Crippen LogP contribution in [0.25, 0.3) is 0 Å². The predicted octanol–water partition coefficient (Wildman–Crippen LogP) is 0.870. The van der Waals surface area contributed by atoms with Crippen molar-refractivity contribution in [2.45, 2.75) is 45.3 Å². The van der Waals surface area contributed by atoms with Gasteiger partial charge in [0.2, 0.25) is 0 Å². The Morgan fingerprint density at radius 3 is 1.82 bits per heavy atom. The van der Waals surface area contributed by atoms with Gasteiger partial charge in [-0.2, -0.15) is 0 Å². The summed E-state index contributed by atoms with van der Waals surface area (Å²) in [6, 6.07) is 0. The minimum absolute atomic E-state index is 0.0271. The van der Waals surface area contributed by atoms with Gasteiger partial charge in [0.1, 0.15) is 5.78 Å². The summed E-state index contributed by atoms with van der Waals surface area (Å²) in [5, 5.41) is 17.2. The van der Waals surface area contributed by atoms with Crippen LogP contribution in [0.1, 0.15) is 39.0 Å². The van der Waals surface area contributed by atoms with E-state index in [2.05, 4.69) is 0 Å². The number of Topliss-reactive ketones (excluding diaryl/α,β-unsaturated/α-hetero) is 1. The second-order valence-corrected chi connectivity index (χ2v) is 3.94. The number of carbonyl (C=O) groups excluding carboxylic acids is 1. The summed E-state index contributed by atoms with van der Waals surface area (Å²) >= 11 is 0. The molecule has 0 radical (unpaired) electrons. The number of aliphatic hydroxyl groups excluding tert-OH is 2. The van der Waals surface area contributed by atoms with E-state index in [-0.39, 0.29) is 25.4 Å². The number of hydrogen-bond donors (Lipinski definition) is 2. The summed E-state index contributed by atoms with van der Waals surface area (Å²) in [6.07, 6.45) is 2.65. The van der Waals surface area contributed by atoms with Gasteiger partial charge in [-0.1, -0.05) is 0 Å². The zero-order chi connectivity index (χ0) is 12.9. The summed E-state index contributed by atoms with van der Waals surface area (Å²) in [7, 11) is 0. The molecule has 0 aromatic carbocycles. The Morgan fingerprint density at radius 1 is 1.00 bits per heavy atom. The second-order valence-electron chi connectivity index (χ2n) is 3.94. The highest BCUT2D eigenvalue weighted by molar-refractivity contribution is 5.75. The van der Waals surface area contributed by atoms with E-state index in [0.717, 1.165) is 12.8 Å². The highest BCUT2D eigenvalue weighted by Crippen LogP contribution is 2.05. The molecule has 0 rings (SSSR count). The molecule has 102 valence electrons. The molecule has 17 heavy (non-hydrogen) atoms. The molecular weight excluding hydrogens is 224 g/mol. The molecule has 0 heterocycles. The first kappa shape index (κ1) is 16.5. The van der Waals surface area contributed by atoms with Crippen molar-refractivity contribution in [3.8, 4) is 0 Å². The lowest BCUT2D eigenvalue weighted by Gasteiger charge is -2.17. The molecule has 0 saturated heterocycles. The van der Waals surface area contributed by atoms with Gasteiger partial charge in [0.25, 0.3) is 0 Å². The Hall–Kier alpha value is -0.490. The number of rotatable bonds is 12. The first-order valence-electron chi connectivity index (χ1n) is 6.15. The molecule has 0 aliphatic rings. The summed E-state index contributed by atoms with van der Waals surface area (Å²) in [5.41, 5.74) is 0. The number of ketones is 1. The number of ether oxygens (including phenoxy) is 2. The monoisotopic (exact) mass is 248 g/mol. The minimum atomic E-state index is -0.495. The topological polar surface area (TPSA) is 76.0 Å². The third kappa shape index (κ3) is 11.8. The van der Waals surface area contributed by atoms with E-state index in [1.807, 2.05) is 0 Å². The minimum Gasteiger partial charge on any atom is -0.396 e. The maximum atomic E-state index is 11.0. The van der Waals surface area contributed by atoms with Crippen LogP contribution in [0.3, 0.4) is 0 Å². The molecule has 0 unspecified atom stereocenters. The fourth-order valence-corrected chi connectivity index (χ4v) is 1.26. The first-order valence-corrected chi connectivity index (χ1v) is 6.15. The molecule has 5 nitrogen and oxygen atoms in total. The third-order valence-electron chi connectivity index (χ3n) is 2.17. The summed E-state index contributed by atoms with van der Waals surface area (Å²) in [6.45, 7) is 2.77. The Balaban J connectivity index is 3.68. The molecule has 0 fully saturated rings. The number of unbranched alkanes of at least 4 members (excludes halogenated alkanes) is 2. The fourth-order valence-electron chi connectivity index (χ4n) is 1.26. The van der Waals surface area contributed by atoms with Crippen LogP contribution in [-0.4, -0.2) is 48.7 Å². The third-order valence-corrected chi connectivity index (χ3v) is 2.17. The van der Waals surface area contributed by atoms with E-state index < -0.39 is 6.29 Å². The Kier molecular flexibility index (Phi) is 11.6. The standard InChI is InChI=1S/C12H24O5/c1-11(15)10-12(16-8-4-2-6-13)17-9-5-3-7-14/h12-14H,2-10H2,1H3. The highest BCUT2D eigenvalue weighted by atomic mass is 16.7. The second kappa shape index (κ2) is 12.0. The smallest absolute Gasteiger partial charge is 0.164 e. The van der Waals surface area contributed by atoms with E-state index in [0.29, 0.717) is 26.1 Å². The van der Waals surface area contributed by atoms with Crippen LogP contribution in [-0.2, 0) is 14.3 Å². The van der Waals surface area contributed by atoms with Crippen molar-refractivity contribution < 1.29 is 24.5 Å². The summed E-state index contributed by atoms with van der Waals surface area (Å²) < 4.78 is 10.8. The zero-order valence-electron chi connectivity index (χ0n) is 10.6. The molecule has 5 heteroatoms. The molecule has 0 aliphatic heterocycles. The van der Waals surface area contributed by atoms with E-state index in [9.17, 15) is 4.79 Å². The Morgan fingerprint density at radius 2 is 1.47 bits per heavy atom. The lowest BCUT2D eigenvalue weighted by atomic mass is 10.3. The molecular formula is C12H24O5. The van der Waals surface area contributed by atoms with Crippen LogP contribution in [0, 0.1) is 0 Å². The largest absolute Gasteiger partial charge is 0.396 e. The van der Waals surface area contributed by atoms with Crippen molar-refractivity contribution >= 4 is 5.78 Å². The van der Waals surface area contributed by atoms with Crippen LogP contribution in [0.15, 0.2) is 0 Å². The molecule has 0 atom stereocenters. The normalized spacial score (nSPS) is 11.1. The Bertz CT molecular complexity index is 172. The molecule has 2 N–H and O–H groups in total. The highest BCUT2D eigenvalue weighted by Gasteiger charge is 2.11. The SMILES string of the molecule is CC(=O)CC(OCCCCO)OCCCCO. The van der Waals surface area contributed by atoms with E-state index in [4.69, 9.17) is 19.7 Å². The van der Waals surface area contributed by atoms with E-state index >= 15 is 0 Å². The van der Waals surface area contributed by atoms with E-state index in [1.54, 1.807) is 0 Å². The molecule has 0 aromatic heterocycles. The molecule has 0 saturated carbocycles. The van der Waals surface area contributed by atoms with Gasteiger partial charge < -0.3 is 19.7 Å². The van der Waals surface area contributed by atoms with Crippen molar-refractivity contribution in [3.05, 3.63) is 0 Å². The molecule has 0 amide bonds. The summed E-state index contributed by atoms with van der Waals surface area (Å²) in [5.74, 6) is 0.0271. The van der Waals surface area contributed by atoms with Gasteiger partial charge >= 0.3 is 0 Å². The lowest BCUT2D eigenvalue weighted by molar-refractivity contribution is -0.156. The predicted molar refractivity (Wildman–Crippen MR) is 63.6 cm³/mol. The van der Waals surface area contributed by atoms with Gasteiger partial charge in [-0.05, 0) is 32.6 Å². The van der Waals surface area contributed by atoms with Crippen molar-refractivity contribution in [1.29, 1.82) is 0 Å². The number of carbonyl (C=O) groups is 1. The van der Waals surface area contributed by atoms with Crippen LogP contribution >= 0.6 is 0 Å². The van der Waals surface area contributed by atoms with Gasteiger partial charge in [-0.25, -0.2) is 0 Å². The molecule has 0 aromatic rings. The quantitative estimate of drug-likeness (QED) is 0.396. The zero-order valence-corrected chi connectivity index (χ0v) is 10.6. The summed E-state index contributed by atoms with van der Waals surface area (Å²) in [4.78, 5) is 11.0.